The van der Waals surface area contributed by atoms with Gasteiger partial charge in [0.2, 0.25) is 5.91 Å². The lowest BCUT2D eigenvalue weighted by Crippen LogP contribution is -2.25. The minimum atomic E-state index is -0.498. The Labute approximate surface area is 142 Å². The molecular formula is C16H16ClN3O2S. The first-order valence-corrected chi connectivity index (χ1v) is 8.43. The number of hydrogen-bond acceptors (Lipinski definition) is 4. The standard InChI is InChI=1S/C16H16ClN3O2S/c17-10-3-1-2-9(6-10)7-13(21)20-16-14(15(18)22)11-4-5-19-8-12(11)23-16/h1-3,6,19H,4-5,7-8H2,(H2,18,22)(H,20,21). The van der Waals surface area contributed by atoms with E-state index in [2.05, 4.69) is 10.6 Å². The van der Waals surface area contributed by atoms with Crippen LogP contribution in [-0.4, -0.2) is 18.4 Å². The maximum Gasteiger partial charge on any atom is 0.251 e. The van der Waals surface area contributed by atoms with Gasteiger partial charge in [0.1, 0.15) is 5.00 Å². The monoisotopic (exact) mass is 349 g/mol. The average molecular weight is 350 g/mol. The normalized spacial score (nSPS) is 13.4. The summed E-state index contributed by atoms with van der Waals surface area (Å²) < 4.78 is 0. The fraction of sp³-hybridized carbons (Fsp3) is 0.250. The van der Waals surface area contributed by atoms with Crippen LogP contribution in [0.15, 0.2) is 24.3 Å². The van der Waals surface area contributed by atoms with Crippen molar-refractivity contribution in [3.05, 3.63) is 50.9 Å². The van der Waals surface area contributed by atoms with E-state index in [0.717, 1.165) is 29.0 Å². The quantitative estimate of drug-likeness (QED) is 0.792. The molecule has 1 aliphatic rings. The Balaban J connectivity index is 1.81. The first-order chi connectivity index (χ1) is 11.0. The average Bonchev–Trinajstić information content (AvgIpc) is 2.84. The number of hydrogen-bond donors (Lipinski definition) is 3. The summed E-state index contributed by atoms with van der Waals surface area (Å²) in [6.45, 7) is 1.50. The van der Waals surface area contributed by atoms with Crippen LogP contribution in [0.3, 0.4) is 0 Å². The second kappa shape index (κ2) is 6.70. The summed E-state index contributed by atoms with van der Waals surface area (Å²) in [5.74, 6) is -0.691. The van der Waals surface area contributed by atoms with Crippen LogP contribution in [0.25, 0.3) is 0 Å². The van der Waals surface area contributed by atoms with Crippen molar-refractivity contribution in [1.82, 2.24) is 5.32 Å². The highest BCUT2D eigenvalue weighted by Crippen LogP contribution is 2.35. The molecule has 0 spiro atoms. The van der Waals surface area contributed by atoms with Crippen molar-refractivity contribution in [2.45, 2.75) is 19.4 Å². The number of anilines is 1. The number of nitrogens with one attached hydrogen (secondary N) is 2. The van der Waals surface area contributed by atoms with Gasteiger partial charge < -0.3 is 16.4 Å². The summed E-state index contributed by atoms with van der Waals surface area (Å²) in [7, 11) is 0. The van der Waals surface area contributed by atoms with Crippen molar-refractivity contribution >= 4 is 39.8 Å². The maximum atomic E-state index is 12.3. The van der Waals surface area contributed by atoms with Gasteiger partial charge in [0.15, 0.2) is 0 Å². The molecule has 1 aromatic heterocycles. The minimum absolute atomic E-state index is 0.193. The second-order valence-electron chi connectivity index (χ2n) is 5.35. The molecule has 2 aromatic rings. The molecule has 0 saturated carbocycles. The van der Waals surface area contributed by atoms with Crippen molar-refractivity contribution < 1.29 is 9.59 Å². The van der Waals surface area contributed by atoms with Gasteiger partial charge in [-0.1, -0.05) is 23.7 Å². The molecular weight excluding hydrogens is 334 g/mol. The molecule has 7 heteroatoms. The number of rotatable bonds is 4. The van der Waals surface area contributed by atoms with Gasteiger partial charge in [-0.25, -0.2) is 0 Å². The lowest BCUT2D eigenvalue weighted by atomic mass is 10.0. The summed E-state index contributed by atoms with van der Waals surface area (Å²) in [5, 5.41) is 7.20. The molecule has 5 nitrogen and oxygen atoms in total. The minimum Gasteiger partial charge on any atom is -0.365 e. The number of fused-ring (bicyclic) bond motifs is 1. The summed E-state index contributed by atoms with van der Waals surface area (Å²) in [5.41, 5.74) is 7.74. The van der Waals surface area contributed by atoms with Crippen molar-refractivity contribution in [3.8, 4) is 0 Å². The zero-order chi connectivity index (χ0) is 16.4. The van der Waals surface area contributed by atoms with Gasteiger partial charge in [0.05, 0.1) is 12.0 Å². The maximum absolute atomic E-state index is 12.3. The topological polar surface area (TPSA) is 84.2 Å². The van der Waals surface area contributed by atoms with Crippen LogP contribution in [0.5, 0.6) is 0 Å². The highest BCUT2D eigenvalue weighted by atomic mass is 35.5. The third-order valence-corrected chi connectivity index (χ3v) is 5.06. The van der Waals surface area contributed by atoms with E-state index >= 15 is 0 Å². The largest absolute Gasteiger partial charge is 0.365 e. The van der Waals surface area contributed by atoms with Gasteiger partial charge in [-0.3, -0.25) is 9.59 Å². The number of benzene rings is 1. The van der Waals surface area contributed by atoms with Gasteiger partial charge in [-0.15, -0.1) is 11.3 Å². The predicted octanol–water partition coefficient (Wildman–Crippen LogP) is 2.33. The first kappa shape index (κ1) is 16.0. The summed E-state index contributed by atoms with van der Waals surface area (Å²) >= 11 is 7.34. The molecule has 0 atom stereocenters. The van der Waals surface area contributed by atoms with Crippen molar-refractivity contribution in [3.63, 3.8) is 0 Å². The molecule has 0 bridgehead atoms. The summed E-state index contributed by atoms with van der Waals surface area (Å²) in [6, 6.07) is 7.15. The van der Waals surface area contributed by atoms with Crippen LogP contribution in [-0.2, 0) is 24.2 Å². The second-order valence-corrected chi connectivity index (χ2v) is 6.90. The SMILES string of the molecule is NC(=O)c1c(NC(=O)Cc2cccc(Cl)c2)sc2c1CCNC2. The molecule has 0 unspecified atom stereocenters. The van der Waals surface area contributed by atoms with E-state index in [1.807, 2.05) is 6.07 Å². The Kier molecular flexibility index (Phi) is 4.66. The van der Waals surface area contributed by atoms with Crippen LogP contribution in [0.2, 0.25) is 5.02 Å². The van der Waals surface area contributed by atoms with E-state index in [1.165, 1.54) is 11.3 Å². The fourth-order valence-electron chi connectivity index (χ4n) is 2.69. The van der Waals surface area contributed by atoms with Gasteiger partial charge in [-0.2, -0.15) is 0 Å². The van der Waals surface area contributed by atoms with E-state index in [1.54, 1.807) is 18.2 Å². The van der Waals surface area contributed by atoms with E-state index in [4.69, 9.17) is 17.3 Å². The smallest absolute Gasteiger partial charge is 0.251 e. The summed E-state index contributed by atoms with van der Waals surface area (Å²) in [4.78, 5) is 25.1. The van der Waals surface area contributed by atoms with Crippen molar-refractivity contribution in [2.75, 3.05) is 11.9 Å². The van der Waals surface area contributed by atoms with Crippen LogP contribution >= 0.6 is 22.9 Å². The van der Waals surface area contributed by atoms with Gasteiger partial charge in [-0.05, 0) is 36.2 Å². The van der Waals surface area contributed by atoms with Crippen LogP contribution in [0.4, 0.5) is 5.00 Å². The Morgan fingerprint density at radius 1 is 1.39 bits per heavy atom. The molecule has 1 aliphatic heterocycles. The van der Waals surface area contributed by atoms with Gasteiger partial charge in [0.25, 0.3) is 5.91 Å². The van der Waals surface area contributed by atoms with E-state index in [9.17, 15) is 9.59 Å². The van der Waals surface area contributed by atoms with E-state index in [0.29, 0.717) is 22.1 Å². The zero-order valence-corrected chi connectivity index (χ0v) is 13.9. The third kappa shape index (κ3) is 3.55. The number of carbonyl (C=O) groups excluding carboxylic acids is 2. The zero-order valence-electron chi connectivity index (χ0n) is 12.3. The third-order valence-electron chi connectivity index (χ3n) is 3.68. The number of halogens is 1. The lowest BCUT2D eigenvalue weighted by Gasteiger charge is -2.12. The molecule has 0 fully saturated rings. The predicted molar refractivity (Wildman–Crippen MR) is 92.0 cm³/mol. The Morgan fingerprint density at radius 3 is 2.96 bits per heavy atom. The highest BCUT2D eigenvalue weighted by Gasteiger charge is 2.24. The van der Waals surface area contributed by atoms with E-state index < -0.39 is 5.91 Å². The molecule has 4 N–H and O–H groups in total. The van der Waals surface area contributed by atoms with Crippen LogP contribution in [0, 0.1) is 0 Å². The molecule has 120 valence electrons. The van der Waals surface area contributed by atoms with Crippen LogP contribution in [0.1, 0.15) is 26.4 Å². The lowest BCUT2D eigenvalue weighted by molar-refractivity contribution is -0.115. The fourth-order valence-corrected chi connectivity index (χ4v) is 4.14. The number of thiophene rings is 1. The molecule has 3 rings (SSSR count). The Hall–Kier alpha value is -1.89. The molecule has 0 saturated heterocycles. The van der Waals surface area contributed by atoms with Crippen molar-refractivity contribution in [2.24, 2.45) is 5.73 Å². The number of nitrogens with two attached hydrogens (primary N) is 1. The van der Waals surface area contributed by atoms with Gasteiger partial charge >= 0.3 is 0 Å². The Morgan fingerprint density at radius 2 is 2.22 bits per heavy atom. The number of primary amides is 1. The molecule has 0 radical (unpaired) electrons. The molecule has 0 aliphatic carbocycles. The summed E-state index contributed by atoms with van der Waals surface area (Å²) in [6.07, 6.45) is 0.938. The molecule has 2 heterocycles. The Bertz CT molecular complexity index is 773. The first-order valence-electron chi connectivity index (χ1n) is 7.24. The van der Waals surface area contributed by atoms with Crippen LogP contribution < -0.4 is 16.4 Å². The number of amides is 2. The van der Waals surface area contributed by atoms with E-state index in [-0.39, 0.29) is 12.3 Å². The van der Waals surface area contributed by atoms with Gasteiger partial charge in [0, 0.05) is 16.4 Å². The van der Waals surface area contributed by atoms with Crippen molar-refractivity contribution in [1.29, 1.82) is 0 Å². The molecule has 23 heavy (non-hydrogen) atoms. The number of carbonyl (C=O) groups is 2. The highest BCUT2D eigenvalue weighted by molar-refractivity contribution is 7.17. The molecule has 2 amide bonds. The molecule has 1 aromatic carbocycles.